The summed E-state index contributed by atoms with van der Waals surface area (Å²) in [6.45, 7) is 4.67. The van der Waals surface area contributed by atoms with Crippen molar-refractivity contribution >= 4 is 35.5 Å². The van der Waals surface area contributed by atoms with Crippen LogP contribution in [0.5, 0.6) is 0 Å². The van der Waals surface area contributed by atoms with Crippen LogP contribution >= 0.6 is 0 Å². The van der Waals surface area contributed by atoms with E-state index in [9.17, 15) is 33.9 Å². The number of carboxylic acids is 1. The van der Waals surface area contributed by atoms with Crippen molar-refractivity contribution in [3.8, 4) is 0 Å². The van der Waals surface area contributed by atoms with Gasteiger partial charge in [0.15, 0.2) is 6.04 Å². The third kappa shape index (κ3) is 10.7. The highest BCUT2D eigenvalue weighted by molar-refractivity contribution is 5.96. The monoisotopic (exact) mass is 474 g/mol. The van der Waals surface area contributed by atoms with Crippen LogP contribution in [0.15, 0.2) is 0 Å². The van der Waals surface area contributed by atoms with Crippen molar-refractivity contribution in [2.75, 3.05) is 0 Å². The van der Waals surface area contributed by atoms with E-state index in [2.05, 4.69) is 16.0 Å². The molecule has 6 atom stereocenters. The lowest BCUT2D eigenvalue weighted by Crippen LogP contribution is -2.59. The van der Waals surface area contributed by atoms with Crippen molar-refractivity contribution in [1.29, 1.82) is 0 Å². The zero-order valence-electron chi connectivity index (χ0n) is 18.9. The number of aliphatic hydroxyl groups excluding tert-OH is 1. The van der Waals surface area contributed by atoms with Gasteiger partial charge in [0.25, 0.3) is 0 Å². The smallest absolute Gasteiger partial charge is 0.328 e. The molecule has 0 saturated heterocycles. The van der Waals surface area contributed by atoms with Crippen LogP contribution in [-0.4, -0.2) is 76.0 Å². The first-order valence-electron chi connectivity index (χ1n) is 10.3. The van der Waals surface area contributed by atoms with Gasteiger partial charge in [0.2, 0.25) is 29.5 Å². The number of nitrogens with two attached hydrogens (primary N) is 3. The fourth-order valence-electron chi connectivity index (χ4n) is 2.66. The Morgan fingerprint density at radius 2 is 1.36 bits per heavy atom. The van der Waals surface area contributed by atoms with Crippen molar-refractivity contribution in [1.82, 2.24) is 16.0 Å². The van der Waals surface area contributed by atoms with Gasteiger partial charge >= 0.3 is 5.97 Å². The van der Waals surface area contributed by atoms with Crippen molar-refractivity contribution in [3.63, 3.8) is 0 Å². The normalized spacial score (nSPS) is 16.3. The van der Waals surface area contributed by atoms with E-state index in [4.69, 9.17) is 22.3 Å². The van der Waals surface area contributed by atoms with Gasteiger partial charge in [-0.05, 0) is 19.3 Å². The number of aliphatic carboxylic acids is 1. The van der Waals surface area contributed by atoms with E-state index in [0.29, 0.717) is 6.42 Å². The Morgan fingerprint density at radius 3 is 1.79 bits per heavy atom. The SMILES string of the molecule is CCC(C)C(N)C(=O)NC(CC(N)=O)C(=O)NC(CCC(N)=O)C(=O)NC(C(=O)O)C(C)O. The number of hydrogen-bond donors (Lipinski definition) is 8. The molecule has 33 heavy (non-hydrogen) atoms. The Balaban J connectivity index is 5.62. The maximum Gasteiger partial charge on any atom is 0.328 e. The number of aliphatic hydroxyl groups is 1. The maximum atomic E-state index is 12.8. The third-order valence-corrected chi connectivity index (χ3v) is 4.96. The molecule has 0 aromatic heterocycles. The Hall–Kier alpha value is -3.26. The molecule has 0 rings (SSSR count). The van der Waals surface area contributed by atoms with Crippen LogP contribution in [0.3, 0.4) is 0 Å². The molecular weight excluding hydrogens is 440 g/mol. The second kappa shape index (κ2) is 14.0. The number of rotatable bonds is 15. The molecule has 0 heterocycles. The molecule has 0 aromatic carbocycles. The van der Waals surface area contributed by atoms with Gasteiger partial charge < -0.3 is 43.4 Å². The predicted octanol–water partition coefficient (Wildman–Crippen LogP) is -3.58. The van der Waals surface area contributed by atoms with Gasteiger partial charge in [-0.2, -0.15) is 0 Å². The molecule has 0 aliphatic rings. The van der Waals surface area contributed by atoms with Gasteiger partial charge in [-0.15, -0.1) is 0 Å². The molecule has 14 nitrogen and oxygen atoms in total. The Morgan fingerprint density at radius 1 is 0.848 bits per heavy atom. The lowest BCUT2D eigenvalue weighted by molar-refractivity contribution is -0.145. The molecule has 0 bridgehead atoms. The van der Waals surface area contributed by atoms with Crippen LogP contribution in [0.2, 0.25) is 0 Å². The molecule has 188 valence electrons. The molecule has 11 N–H and O–H groups in total. The average molecular weight is 475 g/mol. The molecule has 14 heteroatoms. The summed E-state index contributed by atoms with van der Waals surface area (Å²) in [6, 6.07) is -5.63. The summed E-state index contributed by atoms with van der Waals surface area (Å²) in [5, 5.41) is 25.3. The molecule has 0 aromatic rings. The molecule has 0 aliphatic carbocycles. The summed E-state index contributed by atoms with van der Waals surface area (Å²) in [7, 11) is 0. The molecule has 0 saturated carbocycles. The Kier molecular flexibility index (Phi) is 12.6. The molecule has 0 fully saturated rings. The first kappa shape index (κ1) is 29.7. The van der Waals surface area contributed by atoms with E-state index in [0.717, 1.165) is 6.92 Å². The van der Waals surface area contributed by atoms with Crippen LogP contribution in [-0.2, 0) is 28.8 Å². The highest BCUT2D eigenvalue weighted by Gasteiger charge is 2.33. The van der Waals surface area contributed by atoms with Gasteiger partial charge in [-0.25, -0.2) is 4.79 Å². The molecule has 5 amide bonds. The van der Waals surface area contributed by atoms with E-state index < -0.39 is 72.2 Å². The summed E-state index contributed by atoms with van der Waals surface area (Å²) in [6.07, 6.45) is -2.17. The highest BCUT2D eigenvalue weighted by Crippen LogP contribution is 2.07. The van der Waals surface area contributed by atoms with Crippen molar-refractivity contribution in [2.24, 2.45) is 23.1 Å². The Labute approximate surface area is 191 Å². The van der Waals surface area contributed by atoms with E-state index in [1.54, 1.807) is 6.92 Å². The number of primary amides is 2. The predicted molar refractivity (Wildman–Crippen MR) is 115 cm³/mol. The molecule has 0 radical (unpaired) electrons. The van der Waals surface area contributed by atoms with Gasteiger partial charge in [-0.3, -0.25) is 24.0 Å². The number of hydrogen-bond acceptors (Lipinski definition) is 8. The topological polar surface area (TPSA) is 257 Å². The maximum absolute atomic E-state index is 12.8. The first-order chi connectivity index (χ1) is 15.2. The molecule has 0 spiro atoms. The zero-order chi connectivity index (χ0) is 25.9. The standard InChI is InChI=1S/C19H34N6O8/c1-4-8(2)14(22)18(31)24-11(7-13(21)28)17(30)23-10(5-6-12(20)27)16(29)25-15(9(3)26)19(32)33/h8-11,14-15,26H,4-7,22H2,1-3H3,(H2,20,27)(H2,21,28)(H,23,30)(H,24,31)(H,25,29)(H,32,33). The number of carbonyl (C=O) groups excluding carboxylic acids is 5. The van der Waals surface area contributed by atoms with Gasteiger partial charge in [0.05, 0.1) is 18.6 Å². The molecule has 6 unspecified atom stereocenters. The second-order valence-electron chi connectivity index (χ2n) is 7.77. The average Bonchev–Trinajstić information content (AvgIpc) is 2.71. The van der Waals surface area contributed by atoms with E-state index in [-0.39, 0.29) is 18.8 Å². The van der Waals surface area contributed by atoms with Gasteiger partial charge in [0.1, 0.15) is 12.1 Å². The third-order valence-electron chi connectivity index (χ3n) is 4.96. The lowest BCUT2D eigenvalue weighted by Gasteiger charge is -2.26. The van der Waals surface area contributed by atoms with Crippen LogP contribution in [0.25, 0.3) is 0 Å². The van der Waals surface area contributed by atoms with Gasteiger partial charge in [0, 0.05) is 6.42 Å². The molecular formula is C19H34N6O8. The summed E-state index contributed by atoms with van der Waals surface area (Å²) in [5.41, 5.74) is 16.1. The van der Waals surface area contributed by atoms with Crippen molar-refractivity contribution in [2.45, 2.75) is 76.7 Å². The van der Waals surface area contributed by atoms with Crippen LogP contribution in [0.1, 0.15) is 46.5 Å². The van der Waals surface area contributed by atoms with Crippen LogP contribution < -0.4 is 33.2 Å². The second-order valence-corrected chi connectivity index (χ2v) is 7.77. The van der Waals surface area contributed by atoms with Crippen molar-refractivity contribution in [3.05, 3.63) is 0 Å². The minimum atomic E-state index is -1.69. The van der Waals surface area contributed by atoms with E-state index >= 15 is 0 Å². The fraction of sp³-hybridized carbons (Fsp3) is 0.684. The summed E-state index contributed by atoms with van der Waals surface area (Å²) >= 11 is 0. The largest absolute Gasteiger partial charge is 0.480 e. The Bertz CT molecular complexity index is 744. The number of carbonyl (C=O) groups is 6. The van der Waals surface area contributed by atoms with Gasteiger partial charge in [-0.1, -0.05) is 20.3 Å². The number of carboxylic acid groups (broad SMARTS) is 1. The summed E-state index contributed by atoms with van der Waals surface area (Å²) < 4.78 is 0. The van der Waals surface area contributed by atoms with Crippen LogP contribution in [0.4, 0.5) is 0 Å². The quantitative estimate of drug-likeness (QED) is 0.116. The number of amides is 5. The number of nitrogens with one attached hydrogen (secondary N) is 3. The van der Waals surface area contributed by atoms with Crippen molar-refractivity contribution < 1.29 is 39.0 Å². The minimum Gasteiger partial charge on any atom is -0.480 e. The first-order valence-corrected chi connectivity index (χ1v) is 10.3. The van der Waals surface area contributed by atoms with E-state index in [1.807, 2.05) is 6.92 Å². The minimum absolute atomic E-state index is 0.232. The lowest BCUT2D eigenvalue weighted by atomic mass is 9.99. The van der Waals surface area contributed by atoms with E-state index in [1.165, 1.54) is 0 Å². The fourth-order valence-corrected chi connectivity index (χ4v) is 2.66. The summed E-state index contributed by atoms with van der Waals surface area (Å²) in [5.74, 6) is -6.23. The summed E-state index contributed by atoms with van der Waals surface area (Å²) in [4.78, 5) is 71.5. The molecule has 0 aliphatic heterocycles. The van der Waals surface area contributed by atoms with Crippen LogP contribution in [0, 0.1) is 5.92 Å². The highest BCUT2D eigenvalue weighted by atomic mass is 16.4. The zero-order valence-corrected chi connectivity index (χ0v) is 18.9.